The van der Waals surface area contributed by atoms with E-state index in [4.69, 9.17) is 9.72 Å². The van der Waals surface area contributed by atoms with E-state index in [2.05, 4.69) is 19.1 Å². The van der Waals surface area contributed by atoms with Crippen molar-refractivity contribution in [3.63, 3.8) is 0 Å². The van der Waals surface area contributed by atoms with Crippen LogP contribution in [0.5, 0.6) is 0 Å². The van der Waals surface area contributed by atoms with Gasteiger partial charge in [0.1, 0.15) is 6.61 Å². The van der Waals surface area contributed by atoms with Gasteiger partial charge >= 0.3 is 5.97 Å². The number of pyridine rings is 2. The Bertz CT molecular complexity index is 1250. The second kappa shape index (κ2) is 5.06. The van der Waals surface area contributed by atoms with Crippen molar-refractivity contribution in [2.45, 2.75) is 45.8 Å². The summed E-state index contributed by atoms with van der Waals surface area (Å²) in [6.45, 7) is 2.81. The summed E-state index contributed by atoms with van der Waals surface area (Å²) in [7, 11) is 0. The van der Waals surface area contributed by atoms with Crippen molar-refractivity contribution in [2.24, 2.45) is 0 Å². The lowest BCUT2D eigenvalue weighted by Gasteiger charge is -2.21. The van der Waals surface area contributed by atoms with E-state index in [-0.39, 0.29) is 24.6 Å². The molecule has 1 aliphatic carbocycles. The molecule has 0 spiro atoms. The molecular formula is C22H18N2O3. The molecule has 0 bridgehead atoms. The van der Waals surface area contributed by atoms with Crippen LogP contribution in [0, 0.1) is 6.92 Å². The molecule has 0 saturated heterocycles. The highest BCUT2D eigenvalue weighted by atomic mass is 16.5. The number of carbonyl (C=O) groups excluding carboxylic acids is 1. The van der Waals surface area contributed by atoms with Crippen molar-refractivity contribution in [3.8, 4) is 11.4 Å². The molecule has 6 rings (SSSR count). The van der Waals surface area contributed by atoms with E-state index in [0.717, 1.165) is 41.7 Å². The van der Waals surface area contributed by atoms with Gasteiger partial charge in [0.25, 0.3) is 5.56 Å². The maximum absolute atomic E-state index is 13.1. The summed E-state index contributed by atoms with van der Waals surface area (Å²) in [5.41, 5.74) is 9.39. The first-order chi connectivity index (χ1) is 13.1. The molecule has 0 radical (unpaired) electrons. The van der Waals surface area contributed by atoms with Gasteiger partial charge in [-0.1, -0.05) is 6.07 Å². The third-order valence-corrected chi connectivity index (χ3v) is 6.33. The average Bonchev–Trinajstić information content (AvgIpc) is 3.04. The SMILES string of the molecule is Cc1ccc2nc3c(c4c2c1CCC4)Cn1c-3cc2c(c1=O)COC(=O)C2. The topological polar surface area (TPSA) is 61.2 Å². The number of rotatable bonds is 0. The molecule has 3 aromatic rings. The standard InChI is InChI=1S/C22H18N2O3/c1-11-5-6-17-20-13(11)3-2-4-14(20)15-9-24-18(21(15)23-17)7-12-8-19(25)27-10-16(12)22(24)26/h5-7H,2-4,8-10H2,1H3. The molecule has 0 N–H and O–H groups in total. The number of benzene rings is 1. The Morgan fingerprint density at radius 2 is 1.93 bits per heavy atom. The zero-order chi connectivity index (χ0) is 18.3. The quantitative estimate of drug-likeness (QED) is 0.454. The predicted octanol–water partition coefficient (Wildman–Crippen LogP) is 2.82. The third kappa shape index (κ3) is 1.91. The summed E-state index contributed by atoms with van der Waals surface area (Å²) in [6.07, 6.45) is 3.42. The summed E-state index contributed by atoms with van der Waals surface area (Å²) in [4.78, 5) is 29.7. The number of aromatic nitrogens is 2. The van der Waals surface area contributed by atoms with E-state index < -0.39 is 0 Å². The fourth-order valence-corrected chi connectivity index (χ4v) is 5.00. The first-order valence-corrected chi connectivity index (χ1v) is 9.47. The van der Waals surface area contributed by atoms with Crippen LogP contribution in [-0.2, 0) is 41.9 Å². The minimum atomic E-state index is -0.272. The van der Waals surface area contributed by atoms with Crippen LogP contribution >= 0.6 is 0 Å². The van der Waals surface area contributed by atoms with Crippen LogP contribution in [0.25, 0.3) is 22.3 Å². The molecule has 134 valence electrons. The molecule has 1 aromatic carbocycles. The molecule has 0 atom stereocenters. The first kappa shape index (κ1) is 15.1. The lowest BCUT2D eigenvalue weighted by molar-refractivity contribution is -0.145. The highest BCUT2D eigenvalue weighted by molar-refractivity contribution is 5.92. The monoisotopic (exact) mass is 358 g/mol. The second-order valence-electron chi connectivity index (χ2n) is 7.79. The highest BCUT2D eigenvalue weighted by Crippen LogP contribution is 2.40. The van der Waals surface area contributed by atoms with E-state index in [1.165, 1.54) is 27.6 Å². The summed E-state index contributed by atoms with van der Waals surface area (Å²) < 4.78 is 6.91. The molecule has 5 nitrogen and oxygen atoms in total. The minimum absolute atomic E-state index is 0.0449. The maximum Gasteiger partial charge on any atom is 0.310 e. The molecule has 27 heavy (non-hydrogen) atoms. The number of carbonyl (C=O) groups is 1. The average molecular weight is 358 g/mol. The lowest BCUT2D eigenvalue weighted by Crippen LogP contribution is -2.30. The summed E-state index contributed by atoms with van der Waals surface area (Å²) in [5, 5.41) is 1.30. The Kier molecular flexibility index (Phi) is 2.84. The van der Waals surface area contributed by atoms with E-state index in [1.54, 1.807) is 0 Å². The fourth-order valence-electron chi connectivity index (χ4n) is 5.00. The van der Waals surface area contributed by atoms with Gasteiger partial charge in [-0.2, -0.15) is 0 Å². The van der Waals surface area contributed by atoms with Crippen molar-refractivity contribution in [2.75, 3.05) is 0 Å². The zero-order valence-corrected chi connectivity index (χ0v) is 15.1. The lowest BCUT2D eigenvalue weighted by atomic mass is 9.85. The van der Waals surface area contributed by atoms with Gasteiger partial charge in [-0.3, -0.25) is 9.59 Å². The van der Waals surface area contributed by atoms with Gasteiger partial charge in [-0.05, 0) is 60.6 Å². The normalized spacial score (nSPS) is 16.7. The van der Waals surface area contributed by atoms with Crippen LogP contribution in [0.1, 0.15) is 39.8 Å². The van der Waals surface area contributed by atoms with Gasteiger partial charge in [0.05, 0.1) is 35.4 Å². The molecular weight excluding hydrogens is 340 g/mol. The van der Waals surface area contributed by atoms with Gasteiger partial charge in [0, 0.05) is 10.9 Å². The van der Waals surface area contributed by atoms with E-state index in [9.17, 15) is 9.59 Å². The van der Waals surface area contributed by atoms with Gasteiger partial charge < -0.3 is 9.30 Å². The Balaban J connectivity index is 1.67. The van der Waals surface area contributed by atoms with Crippen LogP contribution in [0.4, 0.5) is 0 Å². The Hall–Kier alpha value is -2.95. The van der Waals surface area contributed by atoms with E-state index >= 15 is 0 Å². The third-order valence-electron chi connectivity index (χ3n) is 6.33. The summed E-state index contributed by atoms with van der Waals surface area (Å²) >= 11 is 0. The number of hydrogen-bond donors (Lipinski definition) is 0. The number of fused-ring (bicyclic) bond motifs is 5. The van der Waals surface area contributed by atoms with Crippen LogP contribution in [0.15, 0.2) is 23.0 Å². The maximum atomic E-state index is 13.1. The van der Waals surface area contributed by atoms with Crippen LogP contribution < -0.4 is 5.56 Å². The van der Waals surface area contributed by atoms with Gasteiger partial charge in [0.15, 0.2) is 0 Å². The minimum Gasteiger partial charge on any atom is -0.460 e. The predicted molar refractivity (Wildman–Crippen MR) is 101 cm³/mol. The molecule has 2 aliphatic heterocycles. The van der Waals surface area contributed by atoms with Gasteiger partial charge in [-0.15, -0.1) is 0 Å². The molecule has 3 aliphatic rings. The Morgan fingerprint density at radius 1 is 1.07 bits per heavy atom. The Labute approximate surface area is 155 Å². The number of cyclic esters (lactones) is 1. The van der Waals surface area contributed by atoms with Crippen molar-refractivity contribution in [1.82, 2.24) is 9.55 Å². The molecule has 2 aromatic heterocycles. The van der Waals surface area contributed by atoms with Gasteiger partial charge in [-0.25, -0.2) is 4.98 Å². The second-order valence-corrected chi connectivity index (χ2v) is 7.79. The zero-order valence-electron chi connectivity index (χ0n) is 15.1. The van der Waals surface area contributed by atoms with Crippen LogP contribution in [0.2, 0.25) is 0 Å². The molecule has 5 heteroatoms. The molecule has 4 heterocycles. The fraction of sp³-hybridized carbons (Fsp3) is 0.318. The summed E-state index contributed by atoms with van der Waals surface area (Å²) in [6, 6.07) is 6.23. The largest absolute Gasteiger partial charge is 0.460 e. The number of ether oxygens (including phenoxy) is 1. The first-order valence-electron chi connectivity index (χ1n) is 9.47. The molecule has 0 unspecified atom stereocenters. The summed E-state index contributed by atoms with van der Waals surface area (Å²) in [5.74, 6) is -0.272. The van der Waals surface area contributed by atoms with Crippen molar-refractivity contribution < 1.29 is 9.53 Å². The number of hydrogen-bond acceptors (Lipinski definition) is 4. The van der Waals surface area contributed by atoms with E-state index in [0.29, 0.717) is 12.1 Å². The smallest absolute Gasteiger partial charge is 0.310 e. The highest BCUT2D eigenvalue weighted by Gasteiger charge is 2.31. The molecule has 0 amide bonds. The van der Waals surface area contributed by atoms with Crippen molar-refractivity contribution in [1.29, 1.82) is 0 Å². The molecule has 0 saturated carbocycles. The van der Waals surface area contributed by atoms with Crippen molar-refractivity contribution in [3.05, 3.63) is 61.9 Å². The van der Waals surface area contributed by atoms with Crippen molar-refractivity contribution >= 4 is 16.9 Å². The van der Waals surface area contributed by atoms with Gasteiger partial charge in [0.2, 0.25) is 0 Å². The Morgan fingerprint density at radius 3 is 2.81 bits per heavy atom. The number of aryl methyl sites for hydroxylation is 3. The number of esters is 1. The van der Waals surface area contributed by atoms with E-state index in [1.807, 2.05) is 10.6 Å². The van der Waals surface area contributed by atoms with Crippen LogP contribution in [-0.4, -0.2) is 15.5 Å². The molecule has 0 fully saturated rings. The van der Waals surface area contributed by atoms with Crippen LogP contribution in [0.3, 0.4) is 0 Å². The number of nitrogens with zero attached hydrogens (tertiary/aromatic N) is 2.